The van der Waals surface area contributed by atoms with Gasteiger partial charge in [0.2, 0.25) is 5.91 Å². The number of Topliss-reactive ketones (excluding diaryl/α,β-unsaturated/α-hetero) is 1. The molecule has 1 aromatic carbocycles. The summed E-state index contributed by atoms with van der Waals surface area (Å²) in [6.07, 6.45) is 5.44. The third-order valence-electron chi connectivity index (χ3n) is 6.73. The van der Waals surface area contributed by atoms with Gasteiger partial charge in [-0.1, -0.05) is 43.2 Å². The number of likely N-dealkylation sites (tertiary alicyclic amines) is 2. The molecule has 4 rings (SSSR count). The van der Waals surface area contributed by atoms with E-state index < -0.39 is 5.60 Å². The number of amides is 1. The van der Waals surface area contributed by atoms with Crippen LogP contribution >= 0.6 is 0 Å². The predicted octanol–water partition coefficient (Wildman–Crippen LogP) is 2.19. The Hall–Kier alpha value is -1.72. The molecule has 2 aliphatic heterocycles. The van der Waals surface area contributed by atoms with E-state index >= 15 is 0 Å². The van der Waals surface area contributed by atoms with Crippen molar-refractivity contribution in [3.63, 3.8) is 0 Å². The second-order valence-corrected chi connectivity index (χ2v) is 8.53. The Kier molecular flexibility index (Phi) is 5.33. The molecule has 0 aromatic heterocycles. The maximum absolute atomic E-state index is 13.0. The van der Waals surface area contributed by atoms with Gasteiger partial charge in [0.25, 0.3) is 0 Å². The van der Waals surface area contributed by atoms with E-state index in [1.807, 2.05) is 35.2 Å². The maximum Gasteiger partial charge on any atom is 0.225 e. The van der Waals surface area contributed by atoms with Gasteiger partial charge in [0.15, 0.2) is 0 Å². The zero-order valence-corrected chi connectivity index (χ0v) is 16.0. The van der Waals surface area contributed by atoms with Gasteiger partial charge in [0, 0.05) is 50.9 Å². The minimum Gasteiger partial charge on any atom is -0.383 e. The molecule has 5 nitrogen and oxygen atoms in total. The van der Waals surface area contributed by atoms with Gasteiger partial charge in [0.1, 0.15) is 11.4 Å². The van der Waals surface area contributed by atoms with Gasteiger partial charge in [-0.05, 0) is 18.4 Å². The molecule has 1 saturated carbocycles. The van der Waals surface area contributed by atoms with Gasteiger partial charge < -0.3 is 14.9 Å². The van der Waals surface area contributed by atoms with Gasteiger partial charge in [-0.3, -0.25) is 9.59 Å². The molecule has 1 N–H and O–H groups in total. The number of aliphatic hydroxyl groups is 1. The Balaban J connectivity index is 1.53. The lowest BCUT2D eigenvalue weighted by Gasteiger charge is -2.34. The number of piperidine rings is 1. The molecular formula is C22H30N2O3. The van der Waals surface area contributed by atoms with Crippen LogP contribution in [0.5, 0.6) is 0 Å². The van der Waals surface area contributed by atoms with Crippen LogP contribution < -0.4 is 0 Å². The van der Waals surface area contributed by atoms with Crippen LogP contribution in [0.4, 0.5) is 0 Å². The lowest BCUT2D eigenvalue weighted by molar-refractivity contribution is -0.135. The van der Waals surface area contributed by atoms with Gasteiger partial charge in [-0.2, -0.15) is 0 Å². The molecule has 1 amide bonds. The first-order valence-electron chi connectivity index (χ1n) is 10.4. The average molecular weight is 370 g/mol. The van der Waals surface area contributed by atoms with Crippen molar-refractivity contribution in [3.8, 4) is 0 Å². The van der Waals surface area contributed by atoms with E-state index in [1.54, 1.807) is 0 Å². The first-order chi connectivity index (χ1) is 13.1. The molecule has 5 heteroatoms. The molecule has 146 valence electrons. The average Bonchev–Trinajstić information content (AvgIpc) is 3.33. The first kappa shape index (κ1) is 18.6. The number of rotatable bonds is 4. The van der Waals surface area contributed by atoms with Crippen LogP contribution in [-0.4, -0.2) is 59.3 Å². The van der Waals surface area contributed by atoms with Crippen molar-refractivity contribution in [1.29, 1.82) is 0 Å². The number of benzene rings is 1. The molecule has 2 heterocycles. The minimum atomic E-state index is -1.02. The summed E-state index contributed by atoms with van der Waals surface area (Å²) in [5.74, 6) is 0.655. The lowest BCUT2D eigenvalue weighted by Crippen LogP contribution is -2.44. The van der Waals surface area contributed by atoms with Crippen molar-refractivity contribution in [2.45, 2.75) is 44.1 Å². The van der Waals surface area contributed by atoms with Crippen molar-refractivity contribution < 1.29 is 14.7 Å². The van der Waals surface area contributed by atoms with E-state index in [9.17, 15) is 14.7 Å². The van der Waals surface area contributed by atoms with Crippen LogP contribution in [-0.2, 0) is 15.2 Å². The van der Waals surface area contributed by atoms with Gasteiger partial charge in [0.05, 0.1) is 6.54 Å². The highest BCUT2D eigenvalue weighted by Gasteiger charge is 2.49. The highest BCUT2D eigenvalue weighted by Crippen LogP contribution is 2.39. The summed E-state index contributed by atoms with van der Waals surface area (Å²) in [4.78, 5) is 28.7. The van der Waals surface area contributed by atoms with E-state index in [1.165, 1.54) is 0 Å². The zero-order valence-electron chi connectivity index (χ0n) is 16.0. The van der Waals surface area contributed by atoms with E-state index in [4.69, 9.17) is 0 Å². The second-order valence-electron chi connectivity index (χ2n) is 8.53. The fourth-order valence-electron chi connectivity index (χ4n) is 5.06. The second kappa shape index (κ2) is 7.72. The van der Waals surface area contributed by atoms with Crippen molar-refractivity contribution in [2.24, 2.45) is 11.8 Å². The predicted molar refractivity (Wildman–Crippen MR) is 103 cm³/mol. The van der Waals surface area contributed by atoms with E-state index in [2.05, 4.69) is 4.90 Å². The molecule has 27 heavy (non-hydrogen) atoms. The summed E-state index contributed by atoms with van der Waals surface area (Å²) >= 11 is 0. The van der Waals surface area contributed by atoms with Crippen molar-refractivity contribution in [3.05, 3.63) is 35.9 Å². The third-order valence-corrected chi connectivity index (χ3v) is 6.73. The molecule has 1 aromatic rings. The Morgan fingerprint density at radius 2 is 1.78 bits per heavy atom. The summed E-state index contributed by atoms with van der Waals surface area (Å²) in [5.41, 5.74) is -0.124. The number of carbonyl (C=O) groups is 2. The Morgan fingerprint density at radius 3 is 2.44 bits per heavy atom. The summed E-state index contributed by atoms with van der Waals surface area (Å²) in [6.45, 7) is 3.23. The van der Waals surface area contributed by atoms with Crippen LogP contribution in [0.1, 0.15) is 44.1 Å². The quantitative estimate of drug-likeness (QED) is 0.883. The fraction of sp³-hybridized carbons (Fsp3) is 0.636. The Morgan fingerprint density at radius 1 is 1.11 bits per heavy atom. The number of β-amino-alcohol motifs (C(OH)–C–C–N with tert-alkyl or cyclic N) is 1. The summed E-state index contributed by atoms with van der Waals surface area (Å²) in [6, 6.07) is 9.79. The number of hydrogen-bond acceptors (Lipinski definition) is 4. The molecule has 1 aliphatic carbocycles. The first-order valence-corrected chi connectivity index (χ1v) is 10.4. The maximum atomic E-state index is 13.0. The molecular weight excluding hydrogens is 340 g/mol. The topological polar surface area (TPSA) is 60.9 Å². The molecule has 2 unspecified atom stereocenters. The smallest absolute Gasteiger partial charge is 0.225 e. The standard InChI is InChI=1S/C22H30N2O3/c25-20-10-12-23(13-11-20)14-19-15-24(21(26)17-6-4-5-7-17)16-22(19,27)18-8-2-1-3-9-18/h1-3,8-9,17,19,27H,4-7,10-16H2. The monoisotopic (exact) mass is 370 g/mol. The number of hydrogen-bond donors (Lipinski definition) is 1. The molecule has 3 fully saturated rings. The lowest BCUT2D eigenvalue weighted by atomic mass is 9.83. The SMILES string of the molecule is O=C1CCN(CC2CN(C(=O)C3CCCC3)CC2(O)c2ccccc2)CC1. The van der Waals surface area contributed by atoms with E-state index in [-0.39, 0.29) is 17.7 Å². The van der Waals surface area contributed by atoms with Gasteiger partial charge >= 0.3 is 0 Å². The van der Waals surface area contributed by atoms with Crippen molar-refractivity contribution in [2.75, 3.05) is 32.7 Å². The minimum absolute atomic E-state index is 0.0292. The molecule has 2 saturated heterocycles. The number of nitrogens with zero attached hydrogens (tertiary/aromatic N) is 2. The highest BCUT2D eigenvalue weighted by molar-refractivity contribution is 5.80. The summed E-state index contributed by atoms with van der Waals surface area (Å²) in [7, 11) is 0. The molecule has 0 radical (unpaired) electrons. The number of ketones is 1. The summed E-state index contributed by atoms with van der Waals surface area (Å²) < 4.78 is 0. The highest BCUT2D eigenvalue weighted by atomic mass is 16.3. The van der Waals surface area contributed by atoms with Crippen LogP contribution in [0.2, 0.25) is 0 Å². The van der Waals surface area contributed by atoms with Crippen LogP contribution in [0.15, 0.2) is 30.3 Å². The van der Waals surface area contributed by atoms with Gasteiger partial charge in [-0.15, -0.1) is 0 Å². The molecule has 0 spiro atoms. The molecule has 0 bridgehead atoms. The van der Waals surface area contributed by atoms with Crippen LogP contribution in [0.25, 0.3) is 0 Å². The Labute approximate surface area is 161 Å². The van der Waals surface area contributed by atoms with Crippen molar-refractivity contribution in [1.82, 2.24) is 9.80 Å². The third kappa shape index (κ3) is 3.81. The Bertz CT molecular complexity index is 676. The molecule has 2 atom stereocenters. The van der Waals surface area contributed by atoms with Crippen molar-refractivity contribution >= 4 is 11.7 Å². The van der Waals surface area contributed by atoms with Gasteiger partial charge in [-0.25, -0.2) is 0 Å². The fourth-order valence-corrected chi connectivity index (χ4v) is 5.06. The number of carbonyl (C=O) groups excluding carboxylic acids is 2. The van der Waals surface area contributed by atoms with Crippen LogP contribution in [0, 0.1) is 11.8 Å². The normalized spacial score (nSPS) is 30.2. The largest absolute Gasteiger partial charge is 0.383 e. The van der Waals surface area contributed by atoms with Crippen LogP contribution in [0.3, 0.4) is 0 Å². The van der Waals surface area contributed by atoms with E-state index in [0.717, 1.165) is 50.9 Å². The van der Waals surface area contributed by atoms with E-state index in [0.29, 0.717) is 31.7 Å². The zero-order chi connectivity index (χ0) is 18.9. The molecule has 3 aliphatic rings. The summed E-state index contributed by atoms with van der Waals surface area (Å²) in [5, 5.41) is 11.7.